The zero-order chi connectivity index (χ0) is 16.4. The van der Waals surface area contributed by atoms with Crippen LogP contribution in [0, 0.1) is 0 Å². The molecule has 22 heavy (non-hydrogen) atoms. The van der Waals surface area contributed by atoms with Gasteiger partial charge in [0, 0.05) is 11.8 Å². The molecular weight excluding hydrogens is 347 g/mol. The highest BCUT2D eigenvalue weighted by atomic mass is 35.5. The van der Waals surface area contributed by atoms with Gasteiger partial charge in [-0.1, -0.05) is 11.6 Å². The van der Waals surface area contributed by atoms with Crippen molar-refractivity contribution in [1.82, 2.24) is 10.2 Å². The highest BCUT2D eigenvalue weighted by molar-refractivity contribution is 7.93. The fourth-order valence-corrected chi connectivity index (χ4v) is 1.95. The highest BCUT2D eigenvalue weighted by Gasteiger charge is 2.45. The fourth-order valence-electron chi connectivity index (χ4n) is 1.28. The molecule has 0 atom stereocenters. The summed E-state index contributed by atoms with van der Waals surface area (Å²) >= 11 is 5.55. The minimum absolute atomic E-state index is 0.119. The van der Waals surface area contributed by atoms with Crippen molar-refractivity contribution in [2.75, 3.05) is 4.72 Å². The molecule has 0 unspecified atom stereocenters. The largest absolute Gasteiger partial charge is 0.516 e. The van der Waals surface area contributed by atoms with Gasteiger partial charge in [0.25, 0.3) is 0 Å². The van der Waals surface area contributed by atoms with Gasteiger partial charge < -0.3 is 4.74 Å². The molecule has 0 amide bonds. The molecule has 0 saturated heterocycles. The number of benzene rings is 1. The molecule has 0 spiro atoms. The molecule has 118 valence electrons. The molecule has 0 aliphatic rings. The van der Waals surface area contributed by atoms with E-state index in [1.165, 1.54) is 29.0 Å². The van der Waals surface area contributed by atoms with E-state index in [2.05, 4.69) is 10.2 Å². The lowest BCUT2D eigenvalue weighted by Gasteiger charge is -2.11. The Kier molecular flexibility index (Phi) is 4.42. The average molecular weight is 354 g/mol. The van der Waals surface area contributed by atoms with Gasteiger partial charge in [-0.3, -0.25) is 4.72 Å². The predicted octanol–water partition coefficient (Wildman–Crippen LogP) is 3.18. The molecule has 2 aromatic rings. The summed E-state index contributed by atoms with van der Waals surface area (Å²) in [5.74, 6) is 0.347. The Morgan fingerprint density at radius 1 is 1.05 bits per heavy atom. The van der Waals surface area contributed by atoms with Crippen LogP contribution >= 0.6 is 11.6 Å². The second-order valence-electron chi connectivity index (χ2n) is 3.87. The van der Waals surface area contributed by atoms with E-state index >= 15 is 0 Å². The molecule has 0 aliphatic heterocycles. The third-order valence-electron chi connectivity index (χ3n) is 2.24. The summed E-state index contributed by atoms with van der Waals surface area (Å²) < 4.78 is 65.2. The number of hydrogen-bond acceptors (Lipinski definition) is 5. The number of anilines is 1. The lowest BCUT2D eigenvalue weighted by Crippen LogP contribution is -2.29. The molecule has 2 rings (SSSR count). The summed E-state index contributed by atoms with van der Waals surface area (Å²) in [4.78, 5) is 0. The first kappa shape index (κ1) is 16.3. The van der Waals surface area contributed by atoms with Crippen LogP contribution in [-0.4, -0.2) is 24.1 Å². The minimum atomic E-state index is -5.46. The number of ether oxygens (including phenoxy) is 1. The van der Waals surface area contributed by atoms with E-state index < -0.39 is 15.5 Å². The first-order valence-electron chi connectivity index (χ1n) is 5.54. The molecule has 1 aromatic heterocycles. The normalized spacial score (nSPS) is 12.0. The maximum absolute atomic E-state index is 12.2. The Balaban J connectivity index is 2.09. The van der Waals surface area contributed by atoms with Gasteiger partial charge in [0.2, 0.25) is 5.88 Å². The van der Waals surface area contributed by atoms with Crippen LogP contribution in [0.3, 0.4) is 0 Å². The maximum atomic E-state index is 12.2. The van der Waals surface area contributed by atoms with E-state index in [1.54, 1.807) is 0 Å². The van der Waals surface area contributed by atoms with Crippen LogP contribution in [-0.2, 0) is 10.0 Å². The van der Waals surface area contributed by atoms with Crippen molar-refractivity contribution >= 4 is 27.3 Å². The fraction of sp³-hybridized carbons (Fsp3) is 0.0909. The number of halogens is 4. The Hall–Kier alpha value is -2.07. The summed E-state index contributed by atoms with van der Waals surface area (Å²) in [6, 6.07) is 7.64. The van der Waals surface area contributed by atoms with Crippen molar-refractivity contribution < 1.29 is 26.3 Å². The third kappa shape index (κ3) is 3.98. The number of nitrogens with zero attached hydrogens (tertiary/aromatic N) is 2. The first-order chi connectivity index (χ1) is 10.2. The minimum Gasteiger partial charge on any atom is -0.438 e. The molecule has 1 heterocycles. The first-order valence-corrected chi connectivity index (χ1v) is 7.40. The van der Waals surface area contributed by atoms with Gasteiger partial charge in [-0.2, -0.15) is 21.6 Å². The third-order valence-corrected chi connectivity index (χ3v) is 3.56. The second kappa shape index (κ2) is 5.97. The summed E-state index contributed by atoms with van der Waals surface area (Å²) in [5, 5.41) is 7.34. The van der Waals surface area contributed by atoms with Crippen LogP contribution in [0.2, 0.25) is 5.15 Å². The summed E-state index contributed by atoms with van der Waals surface area (Å²) in [6.45, 7) is 0. The zero-order valence-electron chi connectivity index (χ0n) is 10.5. The molecule has 0 bridgehead atoms. The van der Waals surface area contributed by atoms with Crippen molar-refractivity contribution in [1.29, 1.82) is 0 Å². The van der Waals surface area contributed by atoms with Crippen LogP contribution in [0.4, 0.5) is 18.9 Å². The van der Waals surface area contributed by atoms with E-state index in [-0.39, 0.29) is 22.5 Å². The van der Waals surface area contributed by atoms with Gasteiger partial charge in [0.15, 0.2) is 5.15 Å². The van der Waals surface area contributed by atoms with E-state index in [0.717, 1.165) is 12.1 Å². The monoisotopic (exact) mass is 353 g/mol. The van der Waals surface area contributed by atoms with Crippen molar-refractivity contribution in [2.24, 2.45) is 0 Å². The van der Waals surface area contributed by atoms with Gasteiger partial charge in [-0.05, 0) is 30.3 Å². The molecule has 0 aliphatic carbocycles. The molecule has 6 nitrogen and oxygen atoms in total. The van der Waals surface area contributed by atoms with Gasteiger partial charge in [0.1, 0.15) is 5.75 Å². The van der Waals surface area contributed by atoms with Crippen LogP contribution in [0.25, 0.3) is 0 Å². The number of nitrogens with one attached hydrogen (secondary N) is 1. The van der Waals surface area contributed by atoms with E-state index in [4.69, 9.17) is 16.3 Å². The van der Waals surface area contributed by atoms with Crippen molar-refractivity contribution in [2.45, 2.75) is 5.51 Å². The van der Waals surface area contributed by atoms with Crippen LogP contribution in [0.1, 0.15) is 0 Å². The molecule has 11 heteroatoms. The quantitative estimate of drug-likeness (QED) is 0.913. The molecule has 0 radical (unpaired) electrons. The predicted molar refractivity (Wildman–Crippen MR) is 72.2 cm³/mol. The molecule has 0 saturated carbocycles. The van der Waals surface area contributed by atoms with Crippen molar-refractivity contribution in [3.05, 3.63) is 41.6 Å². The van der Waals surface area contributed by atoms with E-state index in [0.29, 0.717) is 0 Å². The Morgan fingerprint density at radius 2 is 1.68 bits per heavy atom. The number of aromatic nitrogens is 2. The Morgan fingerprint density at radius 3 is 2.18 bits per heavy atom. The van der Waals surface area contributed by atoms with E-state index in [9.17, 15) is 21.6 Å². The Labute approximate surface area is 127 Å². The van der Waals surface area contributed by atoms with Crippen LogP contribution in [0.15, 0.2) is 36.4 Å². The van der Waals surface area contributed by atoms with Crippen LogP contribution < -0.4 is 9.46 Å². The number of sulfonamides is 1. The number of rotatable bonds is 4. The maximum Gasteiger partial charge on any atom is 0.516 e. The number of hydrogen-bond donors (Lipinski definition) is 1. The lowest BCUT2D eigenvalue weighted by atomic mass is 10.3. The van der Waals surface area contributed by atoms with Crippen LogP contribution in [0.5, 0.6) is 11.6 Å². The van der Waals surface area contributed by atoms with Gasteiger partial charge in [0.05, 0.1) is 0 Å². The summed E-state index contributed by atoms with van der Waals surface area (Å²) in [7, 11) is -5.46. The molecular formula is C11H7ClF3N3O3S. The molecule has 1 N–H and O–H groups in total. The molecule has 1 aromatic carbocycles. The van der Waals surface area contributed by atoms with Crippen molar-refractivity contribution in [3.8, 4) is 11.6 Å². The van der Waals surface area contributed by atoms with E-state index in [1.807, 2.05) is 0 Å². The second-order valence-corrected chi connectivity index (χ2v) is 5.93. The molecule has 0 fully saturated rings. The summed E-state index contributed by atoms with van der Waals surface area (Å²) in [5.41, 5.74) is -5.65. The average Bonchev–Trinajstić information content (AvgIpc) is 2.42. The lowest BCUT2D eigenvalue weighted by molar-refractivity contribution is -0.0429. The summed E-state index contributed by atoms with van der Waals surface area (Å²) in [6.07, 6.45) is 0. The smallest absolute Gasteiger partial charge is 0.438 e. The Bertz CT molecular complexity index is 749. The number of alkyl halides is 3. The van der Waals surface area contributed by atoms with Gasteiger partial charge in [-0.15, -0.1) is 10.2 Å². The zero-order valence-corrected chi connectivity index (χ0v) is 12.1. The standard InChI is InChI=1S/C11H7ClF3N3O3S/c12-9-5-6-10(17-16-9)21-8-3-1-7(2-4-8)18-22(19,20)11(13,14)15/h1-6,18H. The highest BCUT2D eigenvalue weighted by Crippen LogP contribution is 2.27. The topological polar surface area (TPSA) is 81.2 Å². The van der Waals surface area contributed by atoms with Gasteiger partial charge >= 0.3 is 15.5 Å². The SMILES string of the molecule is O=S(=O)(Nc1ccc(Oc2ccc(Cl)nn2)cc1)C(F)(F)F. The van der Waals surface area contributed by atoms with Gasteiger partial charge in [-0.25, -0.2) is 0 Å². The van der Waals surface area contributed by atoms with Crippen molar-refractivity contribution in [3.63, 3.8) is 0 Å².